The molecule has 0 aliphatic rings. The molecule has 0 amide bonds. The van der Waals surface area contributed by atoms with Crippen molar-refractivity contribution in [3.63, 3.8) is 0 Å². The molecule has 0 aromatic carbocycles. The second-order valence-electron chi connectivity index (χ2n) is 0.737. The van der Waals surface area contributed by atoms with Crippen LogP contribution in [-0.2, 0) is 30.8 Å². The molecule has 0 rings (SSSR count). The van der Waals surface area contributed by atoms with Gasteiger partial charge in [-0.1, -0.05) is 0 Å². The van der Waals surface area contributed by atoms with Gasteiger partial charge in [0.25, 0.3) is 0 Å². The molecule has 0 atom stereocenters. The van der Waals surface area contributed by atoms with Crippen molar-refractivity contribution in [1.82, 2.24) is 0 Å². The molecule has 56 valence electrons. The van der Waals surface area contributed by atoms with Gasteiger partial charge < -0.3 is 14.7 Å². The summed E-state index contributed by atoms with van der Waals surface area (Å²) in [5.41, 5.74) is 0. The maximum Gasteiger partial charge on any atom is 0 e. The van der Waals surface area contributed by atoms with Crippen molar-refractivity contribution >= 4 is 37.4 Å². The number of hydrogen-bond acceptors (Lipinski definition) is 3. The van der Waals surface area contributed by atoms with Crippen LogP contribution in [0.25, 0.3) is 0 Å². The molecule has 3 N–H and O–H groups in total. The van der Waals surface area contributed by atoms with Gasteiger partial charge in [-0.05, 0) is 0 Å². The number of phosphoric acid groups is 1. The summed E-state index contributed by atoms with van der Waals surface area (Å²) < 4.78 is 8.88. The normalized spacial score (nSPS) is 6.27. The van der Waals surface area contributed by atoms with E-state index in [0.29, 0.717) is 0 Å². The van der Waals surface area contributed by atoms with Gasteiger partial charge in [-0.15, -0.1) is 0 Å². The second kappa shape index (κ2) is 13.6. The molecule has 0 fully saturated rings. The van der Waals surface area contributed by atoms with E-state index in [-0.39, 0.29) is 55.8 Å². The van der Waals surface area contributed by atoms with Gasteiger partial charge in [-0.2, -0.15) is 10.5 Å². The zero-order valence-electron chi connectivity index (χ0n) is 4.59. The first-order valence-corrected chi connectivity index (χ1v) is 3.04. The van der Waals surface area contributed by atoms with Crippen LogP contribution in [-0.4, -0.2) is 44.2 Å². The van der Waals surface area contributed by atoms with Gasteiger partial charge in [0.05, 0.1) is 0 Å². The van der Waals surface area contributed by atoms with Crippen LogP contribution in [0.3, 0.4) is 0 Å². The topological polar surface area (TPSA) is 125 Å². The molecule has 0 saturated carbocycles. The van der Waals surface area contributed by atoms with Gasteiger partial charge in [0, 0.05) is 26.2 Å². The molecule has 0 aromatic rings. The van der Waals surface area contributed by atoms with Crippen molar-refractivity contribution < 1.29 is 45.4 Å². The molecule has 0 saturated heterocycles. The van der Waals surface area contributed by atoms with Crippen molar-refractivity contribution in [2.45, 2.75) is 0 Å². The maximum atomic E-state index is 8.88. The van der Waals surface area contributed by atoms with Crippen molar-refractivity contribution in [2.75, 3.05) is 0 Å². The van der Waals surface area contributed by atoms with Crippen LogP contribution in [0.5, 0.6) is 0 Å². The van der Waals surface area contributed by atoms with Gasteiger partial charge in [-0.25, -0.2) is 4.57 Å². The summed E-state index contributed by atoms with van der Waals surface area (Å²) >= 11 is 0. The summed E-state index contributed by atoms with van der Waals surface area (Å²) in [4.78, 5) is 21.6. The van der Waals surface area contributed by atoms with Crippen molar-refractivity contribution in [1.29, 1.82) is 10.5 Å². The minimum atomic E-state index is -4.64. The standard InChI is InChI=1S/C2N2.Na.H3O4P.Zr.H/c3-1-2-4;;1-5(2,3)4;;/h;;(H3,1,2,3,4);;. The van der Waals surface area contributed by atoms with Gasteiger partial charge in [0.2, 0.25) is 0 Å². The fraction of sp³-hybridized carbons (Fsp3) is 0. The first-order chi connectivity index (χ1) is 3.91. The Morgan fingerprint density at radius 3 is 1.18 bits per heavy atom. The molecule has 0 aliphatic heterocycles. The Bertz CT molecular complexity index is 171. The van der Waals surface area contributed by atoms with Crippen LogP contribution in [0.15, 0.2) is 0 Å². The third kappa shape index (κ3) is 227. The molecular weight excluding hydrogens is 261 g/mol. The summed E-state index contributed by atoms with van der Waals surface area (Å²) in [5, 5.41) is 14.5. The van der Waals surface area contributed by atoms with Crippen LogP contribution in [0.1, 0.15) is 0 Å². The van der Waals surface area contributed by atoms with Gasteiger partial charge in [0.1, 0.15) is 0 Å². The Morgan fingerprint density at radius 2 is 1.18 bits per heavy atom. The van der Waals surface area contributed by atoms with Crippen molar-refractivity contribution in [3.8, 4) is 12.1 Å². The third-order valence-electron chi connectivity index (χ3n) is 0.0500. The van der Waals surface area contributed by atoms with E-state index < -0.39 is 7.82 Å². The average molecular weight is 265 g/mol. The van der Waals surface area contributed by atoms with Crippen molar-refractivity contribution in [3.05, 3.63) is 0 Å². The van der Waals surface area contributed by atoms with Gasteiger partial charge in [0.15, 0.2) is 12.1 Å². The summed E-state index contributed by atoms with van der Waals surface area (Å²) in [7, 11) is -4.64. The Hall–Kier alpha value is 0.973. The summed E-state index contributed by atoms with van der Waals surface area (Å²) in [6.45, 7) is 0. The van der Waals surface area contributed by atoms with Crippen LogP contribution >= 0.6 is 7.82 Å². The zero-order chi connectivity index (χ0) is 7.91. The third-order valence-corrected chi connectivity index (χ3v) is 0.0500. The molecule has 0 bridgehead atoms. The van der Waals surface area contributed by atoms with E-state index in [4.69, 9.17) is 29.8 Å². The van der Waals surface area contributed by atoms with Crippen LogP contribution < -0.4 is 0 Å². The van der Waals surface area contributed by atoms with Crippen LogP contribution in [0.4, 0.5) is 0 Å². The van der Waals surface area contributed by atoms with Gasteiger partial charge >= 0.3 is 37.4 Å². The van der Waals surface area contributed by atoms with E-state index in [1.165, 1.54) is 12.1 Å². The van der Waals surface area contributed by atoms with Crippen LogP contribution in [0, 0.1) is 22.7 Å². The molecule has 6 nitrogen and oxygen atoms in total. The fourth-order valence-electron chi connectivity index (χ4n) is 0. The largest absolute Gasteiger partial charge is 0 e. The molecule has 0 radical (unpaired) electrons. The quantitative estimate of drug-likeness (QED) is 0.360. The second-order valence-corrected chi connectivity index (χ2v) is 1.76. The SMILES string of the molecule is N#CC#N.O=P(O)(O)O.[NaH].[Zr]. The smallest absolute Gasteiger partial charge is 0 e. The number of nitriles is 2. The van der Waals surface area contributed by atoms with E-state index in [1.54, 1.807) is 0 Å². The summed E-state index contributed by atoms with van der Waals surface area (Å²) in [5.74, 6) is 0. The number of nitrogens with zero attached hydrogens (tertiary/aromatic N) is 2. The zero-order valence-corrected chi connectivity index (χ0v) is 7.94. The van der Waals surface area contributed by atoms with Crippen molar-refractivity contribution in [2.24, 2.45) is 0 Å². The monoisotopic (exact) mass is 264 g/mol. The molecule has 0 aromatic heterocycles. The predicted octanol–water partition coefficient (Wildman–Crippen LogP) is -1.55. The van der Waals surface area contributed by atoms with E-state index >= 15 is 0 Å². The molecule has 11 heavy (non-hydrogen) atoms. The van der Waals surface area contributed by atoms with E-state index in [1.807, 2.05) is 0 Å². The minimum absolute atomic E-state index is 0. The Kier molecular flexibility index (Phi) is 27.9. The van der Waals surface area contributed by atoms with Crippen LogP contribution in [0.2, 0.25) is 0 Å². The first kappa shape index (κ1) is 22.7. The molecule has 0 heterocycles. The minimum Gasteiger partial charge on any atom is 0 e. The van der Waals surface area contributed by atoms with E-state index in [9.17, 15) is 0 Å². The van der Waals surface area contributed by atoms with E-state index in [2.05, 4.69) is 0 Å². The molecular formula is C2H4N2NaO4PZr. The molecule has 0 aliphatic carbocycles. The Labute approximate surface area is 104 Å². The molecule has 0 unspecified atom stereocenters. The van der Waals surface area contributed by atoms with E-state index in [0.717, 1.165) is 0 Å². The molecule has 0 spiro atoms. The summed E-state index contributed by atoms with van der Waals surface area (Å²) in [6.07, 6.45) is 0. The molecule has 9 heteroatoms. The first-order valence-electron chi connectivity index (χ1n) is 1.48. The summed E-state index contributed by atoms with van der Waals surface area (Å²) in [6, 6.07) is 2.47. The number of rotatable bonds is 0. The number of hydrogen-bond donors (Lipinski definition) is 3. The maximum absolute atomic E-state index is 8.88. The Balaban J connectivity index is -0.0000000383. The fourth-order valence-corrected chi connectivity index (χ4v) is 0. The van der Waals surface area contributed by atoms with Gasteiger partial charge in [-0.3, -0.25) is 0 Å². The predicted molar refractivity (Wildman–Crippen MR) is 32.6 cm³/mol. The average Bonchev–Trinajstić information content (AvgIpc) is 1.61. The Morgan fingerprint density at radius 1 is 1.09 bits per heavy atom.